The van der Waals surface area contributed by atoms with Gasteiger partial charge in [0.1, 0.15) is 18.3 Å². The van der Waals surface area contributed by atoms with Gasteiger partial charge in [-0.05, 0) is 48.7 Å². The molecule has 28 heavy (non-hydrogen) atoms. The molecule has 0 bridgehead atoms. The predicted octanol–water partition coefficient (Wildman–Crippen LogP) is 2.87. The van der Waals surface area contributed by atoms with Gasteiger partial charge in [0.05, 0.1) is 13.7 Å². The maximum absolute atomic E-state index is 13.4. The van der Waals surface area contributed by atoms with Crippen molar-refractivity contribution in [2.45, 2.75) is 19.9 Å². The van der Waals surface area contributed by atoms with E-state index in [4.69, 9.17) is 9.47 Å². The summed E-state index contributed by atoms with van der Waals surface area (Å²) in [4.78, 5) is 29.7. The molecule has 0 N–H and O–H groups in total. The molecule has 2 amide bonds. The average molecular weight is 382 g/mol. The Kier molecular flexibility index (Phi) is 5.99. The van der Waals surface area contributed by atoms with Crippen molar-refractivity contribution in [3.05, 3.63) is 59.2 Å². The first-order valence-electron chi connectivity index (χ1n) is 9.28. The van der Waals surface area contributed by atoms with E-state index in [0.29, 0.717) is 18.9 Å². The second kappa shape index (κ2) is 8.44. The molecule has 1 aliphatic heterocycles. The van der Waals surface area contributed by atoms with E-state index in [-0.39, 0.29) is 18.4 Å². The third-order valence-corrected chi connectivity index (χ3v) is 5.23. The zero-order chi connectivity index (χ0) is 20.3. The number of amides is 2. The molecular formula is C22H26N2O4. The SMILES string of the molecule is COCCN1CC(=O)N(c2cccc(C)c2C)C(c2ccc(OC)cc2)C1=O. The van der Waals surface area contributed by atoms with Gasteiger partial charge in [0.25, 0.3) is 5.91 Å². The number of nitrogens with zero attached hydrogens (tertiary/aromatic N) is 2. The molecule has 148 valence electrons. The number of benzene rings is 2. The maximum Gasteiger partial charge on any atom is 0.250 e. The minimum Gasteiger partial charge on any atom is -0.497 e. The molecule has 6 heteroatoms. The van der Waals surface area contributed by atoms with Gasteiger partial charge in [-0.3, -0.25) is 14.5 Å². The van der Waals surface area contributed by atoms with Crippen LogP contribution in [0.25, 0.3) is 0 Å². The minimum atomic E-state index is -0.718. The summed E-state index contributed by atoms with van der Waals surface area (Å²) in [7, 11) is 3.18. The summed E-state index contributed by atoms with van der Waals surface area (Å²) in [5.74, 6) is 0.487. The van der Waals surface area contributed by atoms with Crippen LogP contribution < -0.4 is 9.64 Å². The molecule has 0 aromatic heterocycles. The Bertz CT molecular complexity index is 863. The van der Waals surface area contributed by atoms with Crippen LogP contribution in [-0.2, 0) is 14.3 Å². The standard InChI is InChI=1S/C22H26N2O4/c1-15-6-5-7-19(16(15)2)24-20(25)14-23(12-13-27-3)22(26)21(24)17-8-10-18(28-4)11-9-17/h5-11,21H,12-14H2,1-4H3. The van der Waals surface area contributed by atoms with Crippen molar-refractivity contribution < 1.29 is 19.1 Å². The largest absolute Gasteiger partial charge is 0.497 e. The summed E-state index contributed by atoms with van der Waals surface area (Å²) in [6, 6.07) is 12.4. The maximum atomic E-state index is 13.4. The van der Waals surface area contributed by atoms with E-state index in [1.54, 1.807) is 24.0 Å². The van der Waals surface area contributed by atoms with Crippen molar-refractivity contribution in [2.75, 3.05) is 38.8 Å². The van der Waals surface area contributed by atoms with Gasteiger partial charge < -0.3 is 14.4 Å². The molecule has 1 saturated heterocycles. The van der Waals surface area contributed by atoms with Gasteiger partial charge in [0.15, 0.2) is 0 Å². The van der Waals surface area contributed by atoms with Crippen molar-refractivity contribution in [1.29, 1.82) is 0 Å². The van der Waals surface area contributed by atoms with E-state index < -0.39 is 6.04 Å². The second-order valence-electron chi connectivity index (χ2n) is 6.91. The van der Waals surface area contributed by atoms with Crippen LogP contribution >= 0.6 is 0 Å². The number of hydrogen-bond donors (Lipinski definition) is 0. The Balaban J connectivity index is 2.08. The molecule has 2 aromatic rings. The van der Waals surface area contributed by atoms with E-state index in [0.717, 1.165) is 22.4 Å². The van der Waals surface area contributed by atoms with E-state index >= 15 is 0 Å². The normalized spacial score (nSPS) is 17.2. The number of aryl methyl sites for hydroxylation is 1. The summed E-state index contributed by atoms with van der Waals surface area (Å²) in [6.07, 6.45) is 0. The fourth-order valence-electron chi connectivity index (χ4n) is 3.48. The highest BCUT2D eigenvalue weighted by Gasteiger charge is 2.41. The first-order chi connectivity index (χ1) is 13.5. The Morgan fingerprint density at radius 2 is 1.75 bits per heavy atom. The molecule has 3 rings (SSSR count). The monoisotopic (exact) mass is 382 g/mol. The van der Waals surface area contributed by atoms with Crippen molar-refractivity contribution in [3.8, 4) is 5.75 Å². The van der Waals surface area contributed by atoms with E-state index in [9.17, 15) is 9.59 Å². The van der Waals surface area contributed by atoms with Crippen LogP contribution in [0, 0.1) is 13.8 Å². The number of anilines is 1. The Morgan fingerprint density at radius 1 is 1.04 bits per heavy atom. The number of piperazine rings is 1. The van der Waals surface area contributed by atoms with Gasteiger partial charge in [0.2, 0.25) is 5.91 Å². The average Bonchev–Trinajstić information content (AvgIpc) is 2.70. The Morgan fingerprint density at radius 3 is 2.39 bits per heavy atom. The zero-order valence-electron chi connectivity index (χ0n) is 16.8. The van der Waals surface area contributed by atoms with Gasteiger partial charge >= 0.3 is 0 Å². The molecule has 1 aliphatic rings. The lowest BCUT2D eigenvalue weighted by molar-refractivity contribution is -0.142. The molecule has 0 radical (unpaired) electrons. The third kappa shape index (κ3) is 3.73. The molecule has 0 spiro atoms. The number of carbonyl (C=O) groups is 2. The van der Waals surface area contributed by atoms with E-state index in [1.807, 2.05) is 56.3 Å². The van der Waals surface area contributed by atoms with Crippen LogP contribution in [0.15, 0.2) is 42.5 Å². The van der Waals surface area contributed by atoms with Gasteiger partial charge in [-0.25, -0.2) is 0 Å². The Labute approximate surface area is 165 Å². The summed E-state index contributed by atoms with van der Waals surface area (Å²) in [5, 5.41) is 0. The number of hydrogen-bond acceptors (Lipinski definition) is 4. The lowest BCUT2D eigenvalue weighted by atomic mass is 9.97. The Hall–Kier alpha value is -2.86. The fraction of sp³-hybridized carbons (Fsp3) is 0.364. The lowest BCUT2D eigenvalue weighted by Crippen LogP contribution is -2.56. The number of carbonyl (C=O) groups excluding carboxylic acids is 2. The number of methoxy groups -OCH3 is 2. The van der Waals surface area contributed by atoms with Crippen LogP contribution in [0.2, 0.25) is 0 Å². The van der Waals surface area contributed by atoms with Crippen molar-refractivity contribution >= 4 is 17.5 Å². The summed E-state index contributed by atoms with van der Waals surface area (Å²) >= 11 is 0. The fourth-order valence-corrected chi connectivity index (χ4v) is 3.48. The van der Waals surface area contributed by atoms with Crippen LogP contribution in [0.4, 0.5) is 5.69 Å². The topological polar surface area (TPSA) is 59.1 Å². The quantitative estimate of drug-likeness (QED) is 0.771. The van der Waals surface area contributed by atoms with Crippen molar-refractivity contribution in [3.63, 3.8) is 0 Å². The molecule has 0 aliphatic carbocycles. The van der Waals surface area contributed by atoms with Gasteiger partial charge in [-0.15, -0.1) is 0 Å². The van der Waals surface area contributed by atoms with Crippen molar-refractivity contribution in [2.24, 2.45) is 0 Å². The van der Waals surface area contributed by atoms with Crippen LogP contribution in [-0.4, -0.2) is 50.6 Å². The summed E-state index contributed by atoms with van der Waals surface area (Å²) in [6.45, 7) is 4.79. The predicted molar refractivity (Wildman–Crippen MR) is 108 cm³/mol. The van der Waals surface area contributed by atoms with Gasteiger partial charge in [0, 0.05) is 19.3 Å². The van der Waals surface area contributed by atoms with E-state index in [2.05, 4.69) is 0 Å². The van der Waals surface area contributed by atoms with Gasteiger partial charge in [-0.1, -0.05) is 24.3 Å². The molecule has 1 atom stereocenters. The lowest BCUT2D eigenvalue weighted by Gasteiger charge is -2.41. The van der Waals surface area contributed by atoms with Gasteiger partial charge in [-0.2, -0.15) is 0 Å². The smallest absolute Gasteiger partial charge is 0.250 e. The second-order valence-corrected chi connectivity index (χ2v) is 6.91. The van der Waals surface area contributed by atoms with E-state index in [1.165, 1.54) is 0 Å². The number of rotatable bonds is 6. The summed E-state index contributed by atoms with van der Waals surface area (Å²) < 4.78 is 10.3. The molecule has 6 nitrogen and oxygen atoms in total. The molecular weight excluding hydrogens is 356 g/mol. The highest BCUT2D eigenvalue weighted by molar-refractivity contribution is 6.07. The first-order valence-corrected chi connectivity index (χ1v) is 9.28. The zero-order valence-corrected chi connectivity index (χ0v) is 16.8. The highest BCUT2D eigenvalue weighted by atomic mass is 16.5. The highest BCUT2D eigenvalue weighted by Crippen LogP contribution is 2.35. The third-order valence-electron chi connectivity index (χ3n) is 5.23. The van der Waals surface area contributed by atoms with Crippen LogP contribution in [0.1, 0.15) is 22.7 Å². The first kappa shape index (κ1) is 19.9. The van der Waals surface area contributed by atoms with Crippen LogP contribution in [0.5, 0.6) is 5.75 Å². The molecule has 1 heterocycles. The molecule has 1 unspecified atom stereocenters. The minimum absolute atomic E-state index is 0.0439. The molecule has 0 saturated carbocycles. The van der Waals surface area contributed by atoms with Crippen LogP contribution in [0.3, 0.4) is 0 Å². The van der Waals surface area contributed by atoms with Crippen molar-refractivity contribution in [1.82, 2.24) is 4.90 Å². The summed E-state index contributed by atoms with van der Waals surface area (Å²) in [5.41, 5.74) is 3.59. The number of ether oxygens (including phenoxy) is 2. The molecule has 2 aromatic carbocycles. The molecule has 1 fully saturated rings.